The molecule has 11 heteroatoms. The van der Waals surface area contributed by atoms with Crippen molar-refractivity contribution in [3.63, 3.8) is 0 Å². The minimum absolute atomic E-state index is 0.0102. The van der Waals surface area contributed by atoms with Crippen LogP contribution in [0.1, 0.15) is 5.56 Å². The number of nitrogens with one attached hydrogen (secondary N) is 2. The Labute approximate surface area is 172 Å². The van der Waals surface area contributed by atoms with Crippen molar-refractivity contribution in [2.24, 2.45) is 0 Å². The van der Waals surface area contributed by atoms with Gasteiger partial charge in [0.1, 0.15) is 5.75 Å². The van der Waals surface area contributed by atoms with Gasteiger partial charge in [0, 0.05) is 5.56 Å². The molecule has 1 aromatic heterocycles. The molecule has 1 amide bonds. The first-order chi connectivity index (χ1) is 13.8. The number of rotatable bonds is 6. The second kappa shape index (κ2) is 8.75. The molecule has 0 radical (unpaired) electrons. The van der Waals surface area contributed by atoms with Gasteiger partial charge in [0.25, 0.3) is 0 Å². The van der Waals surface area contributed by atoms with Gasteiger partial charge in [-0.15, -0.1) is 5.10 Å². The van der Waals surface area contributed by atoms with Crippen molar-refractivity contribution in [1.82, 2.24) is 15.2 Å². The van der Waals surface area contributed by atoms with Crippen molar-refractivity contribution in [3.05, 3.63) is 53.1 Å². The summed E-state index contributed by atoms with van der Waals surface area (Å²) in [5.41, 5.74) is -0.227. The Kier molecular flexibility index (Phi) is 6.33. The predicted molar refractivity (Wildman–Crippen MR) is 104 cm³/mol. The van der Waals surface area contributed by atoms with Gasteiger partial charge < -0.3 is 10.1 Å². The number of halogens is 4. The van der Waals surface area contributed by atoms with Crippen molar-refractivity contribution in [1.29, 1.82) is 0 Å². The monoisotopic (exact) mass is 442 g/mol. The summed E-state index contributed by atoms with van der Waals surface area (Å²) >= 11 is 6.90. The zero-order valence-electron chi connectivity index (χ0n) is 14.9. The molecule has 152 valence electrons. The van der Waals surface area contributed by atoms with E-state index in [1.165, 1.54) is 0 Å². The van der Waals surface area contributed by atoms with Crippen LogP contribution in [0.25, 0.3) is 11.4 Å². The second-order valence-corrected chi connectivity index (χ2v) is 7.07. The number of aromatic nitrogens is 3. The number of aromatic amines is 1. The van der Waals surface area contributed by atoms with E-state index in [4.69, 9.17) is 16.3 Å². The fraction of sp³-hybridized carbons (Fsp3) is 0.167. The highest BCUT2D eigenvalue weighted by molar-refractivity contribution is 7.99. The predicted octanol–water partition coefficient (Wildman–Crippen LogP) is 4.88. The molecular formula is C18H14ClF3N4O2S. The first-order valence-corrected chi connectivity index (χ1v) is 9.49. The Hall–Kier alpha value is -2.72. The summed E-state index contributed by atoms with van der Waals surface area (Å²) in [6.45, 7) is 0. The molecule has 0 aliphatic carbocycles. The van der Waals surface area contributed by atoms with Crippen molar-refractivity contribution < 1.29 is 22.7 Å². The van der Waals surface area contributed by atoms with E-state index in [0.717, 1.165) is 35.5 Å². The highest BCUT2D eigenvalue weighted by Crippen LogP contribution is 2.34. The van der Waals surface area contributed by atoms with Crippen LogP contribution in [-0.4, -0.2) is 34.0 Å². The Morgan fingerprint density at radius 2 is 1.97 bits per heavy atom. The topological polar surface area (TPSA) is 79.9 Å². The van der Waals surface area contributed by atoms with Crippen LogP contribution in [0.4, 0.5) is 18.9 Å². The lowest BCUT2D eigenvalue weighted by Crippen LogP contribution is -2.15. The van der Waals surface area contributed by atoms with Gasteiger partial charge >= 0.3 is 6.18 Å². The highest BCUT2D eigenvalue weighted by atomic mass is 35.5. The molecule has 0 atom stereocenters. The molecule has 0 fully saturated rings. The molecule has 29 heavy (non-hydrogen) atoms. The third-order valence-electron chi connectivity index (χ3n) is 3.73. The summed E-state index contributed by atoms with van der Waals surface area (Å²) in [5, 5.41) is 9.49. The molecule has 1 heterocycles. The van der Waals surface area contributed by atoms with E-state index in [-0.39, 0.29) is 16.5 Å². The van der Waals surface area contributed by atoms with Gasteiger partial charge in [-0.1, -0.05) is 23.4 Å². The minimum atomic E-state index is -4.53. The summed E-state index contributed by atoms with van der Waals surface area (Å²) in [7, 11) is 1.57. The molecule has 0 saturated carbocycles. The van der Waals surface area contributed by atoms with E-state index in [1.807, 2.05) is 0 Å². The van der Waals surface area contributed by atoms with Crippen LogP contribution in [-0.2, 0) is 11.0 Å². The Bertz CT molecular complexity index is 1010. The molecule has 0 aliphatic rings. The fourth-order valence-electron chi connectivity index (χ4n) is 2.30. The van der Waals surface area contributed by atoms with Crippen LogP contribution < -0.4 is 10.1 Å². The van der Waals surface area contributed by atoms with Gasteiger partial charge in [0.15, 0.2) is 5.82 Å². The van der Waals surface area contributed by atoms with E-state index < -0.39 is 17.6 Å². The van der Waals surface area contributed by atoms with Crippen LogP contribution in [0.3, 0.4) is 0 Å². The number of hydrogen-bond donors (Lipinski definition) is 2. The Morgan fingerprint density at radius 3 is 2.62 bits per heavy atom. The Morgan fingerprint density at radius 1 is 1.24 bits per heavy atom. The van der Waals surface area contributed by atoms with Crippen molar-refractivity contribution in [2.45, 2.75) is 11.3 Å². The zero-order valence-corrected chi connectivity index (χ0v) is 16.5. The smallest absolute Gasteiger partial charge is 0.416 e. The number of ether oxygens (including phenoxy) is 1. The molecule has 2 aromatic carbocycles. The number of nitrogens with zero attached hydrogens (tertiary/aromatic N) is 2. The number of H-pyrrole nitrogens is 1. The van der Waals surface area contributed by atoms with Gasteiger partial charge in [0.2, 0.25) is 11.1 Å². The van der Waals surface area contributed by atoms with Crippen molar-refractivity contribution >= 4 is 35.0 Å². The standard InChI is InChI=1S/C18H14ClF3N4O2S/c1-28-12-5-2-10(3-6-12)16-24-17(26-25-16)29-9-15(27)23-14-8-11(18(20,21)22)4-7-13(14)19/h2-8H,9H2,1H3,(H,23,27)(H,24,25,26). The zero-order chi connectivity index (χ0) is 21.0. The van der Waals surface area contributed by atoms with Gasteiger partial charge in [-0.05, 0) is 42.5 Å². The van der Waals surface area contributed by atoms with Crippen LogP contribution in [0.2, 0.25) is 5.02 Å². The number of hydrogen-bond acceptors (Lipinski definition) is 5. The summed E-state index contributed by atoms with van der Waals surface area (Å²) in [6, 6.07) is 9.88. The first kappa shape index (κ1) is 21.0. The molecule has 0 unspecified atom stereocenters. The molecule has 0 aliphatic heterocycles. The molecule has 0 spiro atoms. The van der Waals surface area contributed by atoms with Crippen molar-refractivity contribution in [2.75, 3.05) is 18.2 Å². The summed E-state index contributed by atoms with van der Waals surface area (Å²) in [5.74, 6) is 0.572. The fourth-order valence-corrected chi connectivity index (χ4v) is 3.07. The number of methoxy groups -OCH3 is 1. The second-order valence-electron chi connectivity index (χ2n) is 5.72. The van der Waals surface area contributed by atoms with Crippen LogP contribution in [0, 0.1) is 0 Å². The lowest BCUT2D eigenvalue weighted by Gasteiger charge is -2.11. The minimum Gasteiger partial charge on any atom is -0.497 e. The third kappa shape index (κ3) is 5.42. The number of benzene rings is 2. The van der Waals surface area contributed by atoms with E-state index in [1.54, 1.807) is 31.4 Å². The number of alkyl halides is 3. The molecule has 3 aromatic rings. The van der Waals surface area contributed by atoms with Gasteiger partial charge in [0.05, 0.1) is 29.1 Å². The van der Waals surface area contributed by atoms with E-state index >= 15 is 0 Å². The third-order valence-corrected chi connectivity index (χ3v) is 4.91. The first-order valence-electron chi connectivity index (χ1n) is 8.12. The molecule has 3 rings (SSSR count). The maximum atomic E-state index is 12.8. The molecule has 0 saturated heterocycles. The Balaban J connectivity index is 1.61. The molecule has 0 bridgehead atoms. The van der Waals surface area contributed by atoms with Crippen molar-refractivity contribution in [3.8, 4) is 17.1 Å². The molecular weight excluding hydrogens is 429 g/mol. The average molecular weight is 443 g/mol. The lowest BCUT2D eigenvalue weighted by molar-refractivity contribution is -0.137. The van der Waals surface area contributed by atoms with Crippen LogP contribution in [0.5, 0.6) is 5.75 Å². The maximum Gasteiger partial charge on any atom is 0.416 e. The number of anilines is 1. The van der Waals surface area contributed by atoms with Gasteiger partial charge in [-0.2, -0.15) is 13.2 Å². The number of carbonyl (C=O) groups is 1. The van der Waals surface area contributed by atoms with E-state index in [9.17, 15) is 18.0 Å². The highest BCUT2D eigenvalue weighted by Gasteiger charge is 2.31. The maximum absolute atomic E-state index is 12.8. The molecule has 6 nitrogen and oxygen atoms in total. The van der Waals surface area contributed by atoms with E-state index in [2.05, 4.69) is 20.5 Å². The number of carbonyl (C=O) groups excluding carboxylic acids is 1. The largest absolute Gasteiger partial charge is 0.497 e. The quantitative estimate of drug-likeness (QED) is 0.532. The number of amides is 1. The summed E-state index contributed by atoms with van der Waals surface area (Å²) in [4.78, 5) is 16.4. The van der Waals surface area contributed by atoms with Crippen LogP contribution >= 0.6 is 23.4 Å². The lowest BCUT2D eigenvalue weighted by atomic mass is 10.2. The van der Waals surface area contributed by atoms with Crippen LogP contribution in [0.15, 0.2) is 47.6 Å². The van der Waals surface area contributed by atoms with Gasteiger partial charge in [-0.25, -0.2) is 4.98 Å². The molecule has 2 N–H and O–H groups in total. The summed E-state index contributed by atoms with van der Waals surface area (Å²) < 4.78 is 43.5. The number of thioether (sulfide) groups is 1. The average Bonchev–Trinajstić information content (AvgIpc) is 3.16. The summed E-state index contributed by atoms with van der Waals surface area (Å²) in [6.07, 6.45) is -4.53. The van der Waals surface area contributed by atoms with E-state index in [0.29, 0.717) is 16.7 Å². The SMILES string of the molecule is COc1ccc(-c2nc(SCC(=O)Nc3cc(C(F)(F)F)ccc3Cl)n[nH]2)cc1. The normalized spacial score (nSPS) is 11.3. The van der Waals surface area contributed by atoms with Gasteiger partial charge in [-0.3, -0.25) is 9.89 Å².